The van der Waals surface area contributed by atoms with Crippen LogP contribution in [0.4, 0.5) is 0 Å². The highest BCUT2D eigenvalue weighted by Crippen LogP contribution is 2.19. The molecule has 0 spiro atoms. The predicted octanol–water partition coefficient (Wildman–Crippen LogP) is 3.57. The molecular weight excluding hydrogens is 300 g/mol. The van der Waals surface area contributed by atoms with Gasteiger partial charge in [-0.05, 0) is 55.9 Å². The number of likely N-dealkylation sites (tertiary alicyclic amines) is 2. The van der Waals surface area contributed by atoms with E-state index in [1.807, 2.05) is 34.1 Å². The molecule has 0 radical (unpaired) electrons. The smallest absolute Gasteiger partial charge is 0.253 e. The number of benzene rings is 1. The molecule has 1 aromatic carbocycles. The van der Waals surface area contributed by atoms with Crippen molar-refractivity contribution in [3.8, 4) is 0 Å². The molecule has 2 fully saturated rings. The SMILES string of the molecule is CC1CCN(C(=O)c2ccc(C(=O)N3CCCCCC3)cc2)CC1. The van der Waals surface area contributed by atoms with E-state index in [0.29, 0.717) is 17.0 Å². The van der Waals surface area contributed by atoms with Gasteiger partial charge in [0.05, 0.1) is 0 Å². The second-order valence-electron chi connectivity index (χ2n) is 7.26. The number of hydrogen-bond acceptors (Lipinski definition) is 2. The Labute approximate surface area is 144 Å². The lowest BCUT2D eigenvalue weighted by molar-refractivity contribution is 0.0695. The molecule has 0 saturated carbocycles. The van der Waals surface area contributed by atoms with Crippen LogP contribution in [0.5, 0.6) is 0 Å². The van der Waals surface area contributed by atoms with E-state index in [0.717, 1.165) is 51.9 Å². The lowest BCUT2D eigenvalue weighted by Gasteiger charge is -2.30. The van der Waals surface area contributed by atoms with Crippen LogP contribution in [-0.2, 0) is 0 Å². The lowest BCUT2D eigenvalue weighted by Crippen LogP contribution is -2.38. The fourth-order valence-corrected chi connectivity index (χ4v) is 3.61. The molecule has 2 saturated heterocycles. The lowest BCUT2D eigenvalue weighted by atomic mass is 9.98. The largest absolute Gasteiger partial charge is 0.339 e. The van der Waals surface area contributed by atoms with Crippen molar-refractivity contribution in [2.75, 3.05) is 26.2 Å². The van der Waals surface area contributed by atoms with Crippen LogP contribution in [0.25, 0.3) is 0 Å². The highest BCUT2D eigenvalue weighted by atomic mass is 16.2. The van der Waals surface area contributed by atoms with E-state index in [1.165, 1.54) is 12.8 Å². The first-order chi connectivity index (χ1) is 11.6. The van der Waals surface area contributed by atoms with E-state index < -0.39 is 0 Å². The number of rotatable bonds is 2. The molecule has 2 aliphatic heterocycles. The molecule has 130 valence electrons. The first kappa shape index (κ1) is 17.0. The Hall–Kier alpha value is -1.84. The van der Waals surface area contributed by atoms with E-state index in [2.05, 4.69) is 6.92 Å². The van der Waals surface area contributed by atoms with Gasteiger partial charge in [0.1, 0.15) is 0 Å². The molecule has 0 atom stereocenters. The molecule has 0 unspecified atom stereocenters. The zero-order valence-corrected chi connectivity index (χ0v) is 14.7. The average molecular weight is 328 g/mol. The Morgan fingerprint density at radius 2 is 1.17 bits per heavy atom. The molecular formula is C20H28N2O2. The molecule has 4 nitrogen and oxygen atoms in total. The molecule has 1 aromatic rings. The second-order valence-corrected chi connectivity index (χ2v) is 7.26. The summed E-state index contributed by atoms with van der Waals surface area (Å²) in [4.78, 5) is 29.1. The minimum absolute atomic E-state index is 0.0932. The Morgan fingerprint density at radius 1 is 0.750 bits per heavy atom. The van der Waals surface area contributed by atoms with Gasteiger partial charge in [0, 0.05) is 37.3 Å². The van der Waals surface area contributed by atoms with Crippen LogP contribution in [-0.4, -0.2) is 47.8 Å². The van der Waals surface area contributed by atoms with Crippen molar-refractivity contribution in [3.05, 3.63) is 35.4 Å². The maximum atomic E-state index is 12.6. The summed E-state index contributed by atoms with van der Waals surface area (Å²) in [5, 5.41) is 0. The average Bonchev–Trinajstić information content (AvgIpc) is 2.91. The molecule has 0 aliphatic carbocycles. The van der Waals surface area contributed by atoms with Crippen LogP contribution < -0.4 is 0 Å². The highest BCUT2D eigenvalue weighted by molar-refractivity contribution is 5.97. The summed E-state index contributed by atoms with van der Waals surface area (Å²) in [6.07, 6.45) is 6.78. The molecule has 2 aliphatic rings. The Kier molecular flexibility index (Phi) is 5.54. The summed E-state index contributed by atoms with van der Waals surface area (Å²) in [7, 11) is 0. The van der Waals surface area contributed by atoms with Gasteiger partial charge in [-0.15, -0.1) is 0 Å². The van der Waals surface area contributed by atoms with Crippen LogP contribution in [0.3, 0.4) is 0 Å². The van der Waals surface area contributed by atoms with Crippen molar-refractivity contribution in [2.24, 2.45) is 5.92 Å². The van der Waals surface area contributed by atoms with Crippen LogP contribution in [0.15, 0.2) is 24.3 Å². The van der Waals surface area contributed by atoms with Gasteiger partial charge in [-0.2, -0.15) is 0 Å². The molecule has 2 heterocycles. The van der Waals surface area contributed by atoms with Crippen molar-refractivity contribution < 1.29 is 9.59 Å². The molecule has 0 N–H and O–H groups in total. The summed E-state index contributed by atoms with van der Waals surface area (Å²) in [5.41, 5.74) is 1.39. The number of carbonyl (C=O) groups excluding carboxylic acids is 2. The third kappa shape index (κ3) is 3.97. The van der Waals surface area contributed by atoms with Crippen LogP contribution in [0.1, 0.15) is 66.2 Å². The van der Waals surface area contributed by atoms with E-state index >= 15 is 0 Å². The number of nitrogens with zero attached hydrogens (tertiary/aromatic N) is 2. The van der Waals surface area contributed by atoms with Gasteiger partial charge in [-0.25, -0.2) is 0 Å². The maximum Gasteiger partial charge on any atom is 0.253 e. The van der Waals surface area contributed by atoms with Gasteiger partial charge in [-0.1, -0.05) is 19.8 Å². The Bertz CT molecular complexity index is 566. The fourth-order valence-electron chi connectivity index (χ4n) is 3.61. The van der Waals surface area contributed by atoms with Crippen molar-refractivity contribution in [1.82, 2.24) is 9.80 Å². The third-order valence-corrected chi connectivity index (χ3v) is 5.34. The molecule has 0 bridgehead atoms. The van der Waals surface area contributed by atoms with Gasteiger partial charge in [0.2, 0.25) is 0 Å². The molecule has 3 rings (SSSR count). The van der Waals surface area contributed by atoms with Gasteiger partial charge >= 0.3 is 0 Å². The quantitative estimate of drug-likeness (QED) is 0.832. The zero-order valence-electron chi connectivity index (χ0n) is 14.7. The van der Waals surface area contributed by atoms with Gasteiger partial charge in [0.15, 0.2) is 0 Å². The Balaban J connectivity index is 1.64. The summed E-state index contributed by atoms with van der Waals surface area (Å²) in [6.45, 7) is 5.63. The van der Waals surface area contributed by atoms with Crippen LogP contribution in [0.2, 0.25) is 0 Å². The van der Waals surface area contributed by atoms with Crippen molar-refractivity contribution in [1.29, 1.82) is 0 Å². The molecule has 4 heteroatoms. The van der Waals surface area contributed by atoms with Gasteiger partial charge in [-0.3, -0.25) is 9.59 Å². The normalized spacial score (nSPS) is 19.9. The van der Waals surface area contributed by atoms with E-state index in [1.54, 1.807) is 0 Å². The number of hydrogen-bond donors (Lipinski definition) is 0. The number of piperidine rings is 1. The number of amides is 2. The van der Waals surface area contributed by atoms with E-state index in [-0.39, 0.29) is 11.8 Å². The van der Waals surface area contributed by atoms with Gasteiger partial charge in [0.25, 0.3) is 11.8 Å². The van der Waals surface area contributed by atoms with Gasteiger partial charge < -0.3 is 9.80 Å². The topological polar surface area (TPSA) is 40.6 Å². The van der Waals surface area contributed by atoms with Crippen molar-refractivity contribution in [2.45, 2.75) is 45.4 Å². The number of carbonyl (C=O) groups is 2. The van der Waals surface area contributed by atoms with E-state index in [4.69, 9.17) is 0 Å². The summed E-state index contributed by atoms with van der Waals surface area (Å²) >= 11 is 0. The van der Waals surface area contributed by atoms with Crippen LogP contribution >= 0.6 is 0 Å². The van der Waals surface area contributed by atoms with E-state index in [9.17, 15) is 9.59 Å². The second kappa shape index (κ2) is 7.82. The fraction of sp³-hybridized carbons (Fsp3) is 0.600. The minimum atomic E-state index is 0.0932. The molecule has 2 amide bonds. The monoisotopic (exact) mass is 328 g/mol. The van der Waals surface area contributed by atoms with Crippen molar-refractivity contribution >= 4 is 11.8 Å². The first-order valence-electron chi connectivity index (χ1n) is 9.34. The third-order valence-electron chi connectivity index (χ3n) is 5.34. The standard InChI is InChI=1S/C20H28N2O2/c1-16-10-14-22(15-11-16)20(24)18-8-6-17(7-9-18)19(23)21-12-4-2-3-5-13-21/h6-9,16H,2-5,10-15H2,1H3. The minimum Gasteiger partial charge on any atom is -0.339 e. The highest BCUT2D eigenvalue weighted by Gasteiger charge is 2.22. The first-order valence-corrected chi connectivity index (χ1v) is 9.34. The van der Waals surface area contributed by atoms with Crippen molar-refractivity contribution in [3.63, 3.8) is 0 Å². The van der Waals surface area contributed by atoms with Crippen LogP contribution in [0, 0.1) is 5.92 Å². The maximum absolute atomic E-state index is 12.6. The molecule has 0 aromatic heterocycles. The summed E-state index contributed by atoms with van der Waals surface area (Å²) in [6, 6.07) is 7.25. The Morgan fingerprint density at radius 3 is 1.62 bits per heavy atom. The summed E-state index contributed by atoms with van der Waals surface area (Å²) in [5.74, 6) is 0.904. The summed E-state index contributed by atoms with van der Waals surface area (Å²) < 4.78 is 0. The molecule has 24 heavy (non-hydrogen) atoms. The predicted molar refractivity (Wildman–Crippen MR) is 95.1 cm³/mol. The zero-order chi connectivity index (χ0) is 16.9.